The summed E-state index contributed by atoms with van der Waals surface area (Å²) in [4.78, 5) is 14.2. The number of carbonyl (C=O) groups is 1. The second-order valence-electron chi connectivity index (χ2n) is 5.39. The van der Waals surface area contributed by atoms with E-state index < -0.39 is 10.0 Å². The molecular formula is C14H22N2O4S. The van der Waals surface area contributed by atoms with E-state index in [0.29, 0.717) is 12.3 Å². The van der Waals surface area contributed by atoms with Gasteiger partial charge in [-0.1, -0.05) is 6.92 Å². The maximum atomic E-state index is 12.5. The standard InChI is InChI=1S/C14H22N2O4S/c1-3-12-7-8-13(20-12)14(17)16-9-5-4-6-11(16)10-15-21(2,18)19/h7-8,11,15H,3-6,9-10H2,1-2H3. The quantitative estimate of drug-likeness (QED) is 0.890. The summed E-state index contributed by atoms with van der Waals surface area (Å²) in [6, 6.07) is 3.38. The fourth-order valence-electron chi connectivity index (χ4n) is 2.55. The van der Waals surface area contributed by atoms with Crippen molar-refractivity contribution in [3.8, 4) is 0 Å². The first-order valence-corrected chi connectivity index (χ1v) is 9.14. The molecule has 2 rings (SSSR count). The largest absolute Gasteiger partial charge is 0.456 e. The van der Waals surface area contributed by atoms with E-state index in [1.807, 2.05) is 6.92 Å². The third-order valence-electron chi connectivity index (χ3n) is 3.69. The van der Waals surface area contributed by atoms with Crippen LogP contribution >= 0.6 is 0 Å². The number of likely N-dealkylation sites (tertiary alicyclic amines) is 1. The Bertz CT molecular complexity index is 594. The van der Waals surface area contributed by atoms with Gasteiger partial charge < -0.3 is 9.32 Å². The molecule has 7 heteroatoms. The van der Waals surface area contributed by atoms with Gasteiger partial charge in [0.15, 0.2) is 5.76 Å². The number of aryl methyl sites for hydroxylation is 1. The average molecular weight is 314 g/mol. The molecule has 1 amide bonds. The number of amides is 1. The highest BCUT2D eigenvalue weighted by Crippen LogP contribution is 2.20. The lowest BCUT2D eigenvalue weighted by Crippen LogP contribution is -2.49. The van der Waals surface area contributed by atoms with Crippen LogP contribution in [0.2, 0.25) is 0 Å². The van der Waals surface area contributed by atoms with Crippen molar-refractivity contribution in [2.45, 2.75) is 38.6 Å². The summed E-state index contributed by atoms with van der Waals surface area (Å²) in [6.45, 7) is 2.86. The van der Waals surface area contributed by atoms with Gasteiger partial charge in [0, 0.05) is 25.6 Å². The van der Waals surface area contributed by atoms with Crippen molar-refractivity contribution in [1.82, 2.24) is 9.62 Å². The van der Waals surface area contributed by atoms with Gasteiger partial charge in [-0.05, 0) is 31.4 Å². The van der Waals surface area contributed by atoms with E-state index >= 15 is 0 Å². The van der Waals surface area contributed by atoms with E-state index in [1.54, 1.807) is 17.0 Å². The first kappa shape index (κ1) is 16.0. The van der Waals surface area contributed by atoms with Gasteiger partial charge in [-0.2, -0.15) is 0 Å². The van der Waals surface area contributed by atoms with Crippen LogP contribution in [0.1, 0.15) is 42.5 Å². The van der Waals surface area contributed by atoms with Crippen LogP contribution in [0.25, 0.3) is 0 Å². The first-order chi connectivity index (χ1) is 9.90. The van der Waals surface area contributed by atoms with Crippen molar-refractivity contribution in [2.75, 3.05) is 19.3 Å². The highest BCUT2D eigenvalue weighted by molar-refractivity contribution is 7.88. The van der Waals surface area contributed by atoms with E-state index in [9.17, 15) is 13.2 Å². The minimum absolute atomic E-state index is 0.115. The van der Waals surface area contributed by atoms with Crippen LogP contribution in [0.4, 0.5) is 0 Å². The topological polar surface area (TPSA) is 79.6 Å². The molecule has 0 saturated carbocycles. The summed E-state index contributed by atoms with van der Waals surface area (Å²) in [5.74, 6) is 0.953. The molecule has 0 radical (unpaired) electrons. The molecule has 1 aromatic rings. The third kappa shape index (κ3) is 4.31. The van der Waals surface area contributed by atoms with Gasteiger partial charge in [-0.25, -0.2) is 13.1 Å². The molecule has 0 aromatic carbocycles. The lowest BCUT2D eigenvalue weighted by atomic mass is 10.0. The number of furan rings is 1. The fourth-order valence-corrected chi connectivity index (χ4v) is 3.05. The molecule has 0 spiro atoms. The van der Waals surface area contributed by atoms with Crippen molar-refractivity contribution in [3.63, 3.8) is 0 Å². The normalized spacial score (nSPS) is 19.7. The summed E-state index contributed by atoms with van der Waals surface area (Å²) >= 11 is 0. The van der Waals surface area contributed by atoms with Crippen LogP contribution in [0, 0.1) is 0 Å². The van der Waals surface area contributed by atoms with Crippen LogP contribution < -0.4 is 4.72 Å². The average Bonchev–Trinajstić information content (AvgIpc) is 2.93. The van der Waals surface area contributed by atoms with E-state index in [0.717, 1.165) is 37.7 Å². The zero-order chi connectivity index (χ0) is 15.5. The smallest absolute Gasteiger partial charge is 0.289 e. The lowest BCUT2D eigenvalue weighted by molar-refractivity contribution is 0.0584. The monoisotopic (exact) mass is 314 g/mol. The molecule has 118 valence electrons. The fraction of sp³-hybridized carbons (Fsp3) is 0.643. The highest BCUT2D eigenvalue weighted by atomic mass is 32.2. The van der Waals surface area contributed by atoms with Crippen LogP contribution in [-0.4, -0.2) is 44.6 Å². The molecule has 1 atom stereocenters. The van der Waals surface area contributed by atoms with Crippen molar-refractivity contribution in [3.05, 3.63) is 23.7 Å². The maximum absolute atomic E-state index is 12.5. The first-order valence-electron chi connectivity index (χ1n) is 7.25. The molecular weight excluding hydrogens is 292 g/mol. The Morgan fingerprint density at radius 1 is 1.43 bits per heavy atom. The molecule has 21 heavy (non-hydrogen) atoms. The van der Waals surface area contributed by atoms with Gasteiger partial charge in [-0.3, -0.25) is 4.79 Å². The van der Waals surface area contributed by atoms with Crippen molar-refractivity contribution >= 4 is 15.9 Å². The molecule has 1 N–H and O–H groups in total. The maximum Gasteiger partial charge on any atom is 0.289 e. The summed E-state index contributed by atoms with van der Waals surface area (Å²) in [5, 5.41) is 0. The molecule has 1 saturated heterocycles. The molecule has 1 aliphatic rings. The minimum atomic E-state index is -3.25. The number of nitrogens with zero attached hydrogens (tertiary/aromatic N) is 1. The van der Waals surface area contributed by atoms with Crippen molar-refractivity contribution in [2.24, 2.45) is 0 Å². The zero-order valence-electron chi connectivity index (χ0n) is 12.5. The Morgan fingerprint density at radius 2 is 2.19 bits per heavy atom. The van der Waals surface area contributed by atoms with E-state index in [4.69, 9.17) is 4.42 Å². The number of rotatable bonds is 5. The number of carbonyl (C=O) groups excluding carboxylic acids is 1. The number of piperidine rings is 1. The van der Waals surface area contributed by atoms with Gasteiger partial charge in [-0.15, -0.1) is 0 Å². The molecule has 1 fully saturated rings. The Balaban J connectivity index is 2.08. The molecule has 6 nitrogen and oxygen atoms in total. The van der Waals surface area contributed by atoms with Gasteiger partial charge >= 0.3 is 0 Å². The number of hydrogen-bond acceptors (Lipinski definition) is 4. The van der Waals surface area contributed by atoms with E-state index in [1.165, 1.54) is 0 Å². The summed E-state index contributed by atoms with van der Waals surface area (Å²) in [7, 11) is -3.25. The van der Waals surface area contributed by atoms with Crippen LogP contribution in [0.3, 0.4) is 0 Å². The summed E-state index contributed by atoms with van der Waals surface area (Å²) in [5.41, 5.74) is 0. The molecule has 1 unspecified atom stereocenters. The number of sulfonamides is 1. The predicted molar refractivity (Wildman–Crippen MR) is 79.6 cm³/mol. The van der Waals surface area contributed by atoms with E-state index in [2.05, 4.69) is 4.72 Å². The highest BCUT2D eigenvalue weighted by Gasteiger charge is 2.29. The Labute approximate surface area is 125 Å². The minimum Gasteiger partial charge on any atom is -0.456 e. The Kier molecular flexibility index (Phi) is 5.05. The second-order valence-corrected chi connectivity index (χ2v) is 7.22. The van der Waals surface area contributed by atoms with Crippen molar-refractivity contribution in [1.29, 1.82) is 0 Å². The molecule has 0 aliphatic carbocycles. The van der Waals surface area contributed by atoms with Crippen LogP contribution in [-0.2, 0) is 16.4 Å². The summed E-state index contributed by atoms with van der Waals surface area (Å²) < 4.78 is 30.5. The van der Waals surface area contributed by atoms with E-state index in [-0.39, 0.29) is 18.5 Å². The second kappa shape index (κ2) is 6.62. The van der Waals surface area contributed by atoms with Crippen LogP contribution in [0.5, 0.6) is 0 Å². The van der Waals surface area contributed by atoms with Crippen molar-refractivity contribution < 1.29 is 17.6 Å². The van der Waals surface area contributed by atoms with Gasteiger partial charge in [0.05, 0.1) is 6.26 Å². The van der Waals surface area contributed by atoms with Gasteiger partial charge in [0.2, 0.25) is 10.0 Å². The van der Waals surface area contributed by atoms with Gasteiger partial charge in [0.1, 0.15) is 5.76 Å². The Hall–Kier alpha value is -1.34. The molecule has 1 aromatic heterocycles. The number of nitrogens with one attached hydrogen (secondary N) is 1. The summed E-state index contributed by atoms with van der Waals surface area (Å²) in [6.07, 6.45) is 4.60. The number of hydrogen-bond donors (Lipinski definition) is 1. The van der Waals surface area contributed by atoms with Gasteiger partial charge in [0.25, 0.3) is 5.91 Å². The zero-order valence-corrected chi connectivity index (χ0v) is 13.3. The lowest BCUT2D eigenvalue weighted by Gasteiger charge is -2.35. The SMILES string of the molecule is CCc1ccc(C(=O)N2CCCCC2CNS(C)(=O)=O)o1. The molecule has 2 heterocycles. The van der Waals surface area contributed by atoms with Crippen LogP contribution in [0.15, 0.2) is 16.5 Å². The Morgan fingerprint density at radius 3 is 2.81 bits per heavy atom. The molecule has 0 bridgehead atoms. The predicted octanol–water partition coefficient (Wildman–Crippen LogP) is 1.39. The third-order valence-corrected chi connectivity index (χ3v) is 4.38. The molecule has 1 aliphatic heterocycles.